The second-order valence-electron chi connectivity index (χ2n) is 5.44. The third kappa shape index (κ3) is 2.57. The minimum atomic E-state index is -0.903. The van der Waals surface area contributed by atoms with Gasteiger partial charge in [-0.05, 0) is 34.7 Å². The molecule has 0 aliphatic rings. The molecule has 2 aromatic carbocycles. The molecule has 0 radical (unpaired) electrons. The number of hydrogen-bond donors (Lipinski definition) is 1. The largest absolute Gasteiger partial charge is 0.477 e. The van der Waals surface area contributed by atoms with E-state index in [1.807, 2.05) is 36.4 Å². The number of benzene rings is 2. The summed E-state index contributed by atoms with van der Waals surface area (Å²) in [7, 11) is 0. The van der Waals surface area contributed by atoms with E-state index < -0.39 is 5.97 Å². The Morgan fingerprint density at radius 1 is 0.875 bits per heavy atom. The molecule has 3 nitrogen and oxygen atoms in total. The Bertz CT molecular complexity index is 1040. The summed E-state index contributed by atoms with van der Waals surface area (Å²) >= 11 is 1.27. The van der Waals surface area contributed by atoms with E-state index in [0.717, 1.165) is 32.5 Å². The van der Waals surface area contributed by atoms with Gasteiger partial charge in [0.05, 0.1) is 10.4 Å². The maximum Gasteiger partial charge on any atom is 0.345 e. The predicted molar refractivity (Wildman–Crippen MR) is 97.5 cm³/mol. The van der Waals surface area contributed by atoms with Gasteiger partial charge in [-0.3, -0.25) is 4.98 Å². The van der Waals surface area contributed by atoms with E-state index >= 15 is 0 Å². The van der Waals surface area contributed by atoms with Gasteiger partial charge in [-0.2, -0.15) is 0 Å². The lowest BCUT2D eigenvalue weighted by Gasteiger charge is -2.06. The van der Waals surface area contributed by atoms with Crippen molar-refractivity contribution in [3.05, 3.63) is 77.8 Å². The number of carboxylic acids is 1. The fourth-order valence-corrected chi connectivity index (χ4v) is 3.76. The van der Waals surface area contributed by atoms with Crippen LogP contribution in [0, 0.1) is 0 Å². The van der Waals surface area contributed by atoms with Gasteiger partial charge < -0.3 is 5.11 Å². The molecular formula is C20H13NO2S. The van der Waals surface area contributed by atoms with Crippen LogP contribution in [0.15, 0.2) is 72.9 Å². The summed E-state index contributed by atoms with van der Waals surface area (Å²) in [6.45, 7) is 0. The number of thiophene rings is 1. The molecule has 4 aromatic rings. The maximum atomic E-state index is 11.2. The highest BCUT2D eigenvalue weighted by Crippen LogP contribution is 2.34. The van der Waals surface area contributed by atoms with E-state index in [1.165, 1.54) is 11.3 Å². The van der Waals surface area contributed by atoms with Crippen LogP contribution >= 0.6 is 11.3 Å². The van der Waals surface area contributed by atoms with Crippen LogP contribution in [-0.2, 0) is 0 Å². The lowest BCUT2D eigenvalue weighted by Crippen LogP contribution is -1.89. The van der Waals surface area contributed by atoms with Crippen molar-refractivity contribution in [3.63, 3.8) is 0 Å². The molecule has 24 heavy (non-hydrogen) atoms. The SMILES string of the molecule is O=C(O)c1cc2ccnc(-c3cccc(-c4ccccc4)c3)c2s1. The highest BCUT2D eigenvalue weighted by atomic mass is 32.1. The molecule has 2 heterocycles. The zero-order valence-corrected chi connectivity index (χ0v) is 13.5. The summed E-state index contributed by atoms with van der Waals surface area (Å²) in [6.07, 6.45) is 1.73. The van der Waals surface area contributed by atoms with Crippen LogP contribution in [0.1, 0.15) is 9.67 Å². The number of hydrogen-bond acceptors (Lipinski definition) is 3. The maximum absolute atomic E-state index is 11.2. The summed E-state index contributed by atoms with van der Waals surface area (Å²) in [4.78, 5) is 16.1. The summed E-state index contributed by atoms with van der Waals surface area (Å²) in [5.74, 6) is -0.903. The van der Waals surface area contributed by atoms with Gasteiger partial charge in [0, 0.05) is 11.8 Å². The van der Waals surface area contributed by atoms with E-state index in [9.17, 15) is 9.90 Å². The third-order valence-corrected chi connectivity index (χ3v) is 5.03. The predicted octanol–water partition coefficient (Wildman–Crippen LogP) is 5.33. The van der Waals surface area contributed by atoms with Crippen molar-refractivity contribution >= 4 is 27.4 Å². The zero-order valence-electron chi connectivity index (χ0n) is 12.6. The monoisotopic (exact) mass is 331 g/mol. The van der Waals surface area contributed by atoms with Crippen LogP contribution in [0.2, 0.25) is 0 Å². The normalized spacial score (nSPS) is 10.8. The Balaban J connectivity index is 1.88. The van der Waals surface area contributed by atoms with Gasteiger partial charge in [0.2, 0.25) is 0 Å². The molecule has 1 N–H and O–H groups in total. The standard InChI is InChI=1S/C20H13NO2S/c22-20(23)17-12-16-9-10-21-18(19(16)24-17)15-8-4-7-14(11-15)13-5-2-1-3-6-13/h1-12H,(H,22,23). The number of carbonyl (C=O) groups is 1. The highest BCUT2D eigenvalue weighted by Gasteiger charge is 2.13. The van der Waals surface area contributed by atoms with Gasteiger partial charge in [0.1, 0.15) is 4.88 Å². The van der Waals surface area contributed by atoms with Crippen LogP contribution in [0.25, 0.3) is 32.5 Å². The molecule has 4 rings (SSSR count). The van der Waals surface area contributed by atoms with Crippen molar-refractivity contribution in [2.45, 2.75) is 0 Å². The van der Waals surface area contributed by atoms with Crippen LogP contribution in [0.5, 0.6) is 0 Å². The molecule has 0 atom stereocenters. The fourth-order valence-electron chi connectivity index (χ4n) is 2.75. The van der Waals surface area contributed by atoms with Crippen LogP contribution in [0.3, 0.4) is 0 Å². The molecule has 0 fully saturated rings. The van der Waals surface area contributed by atoms with Gasteiger partial charge in [0.15, 0.2) is 0 Å². The molecular weight excluding hydrogens is 318 g/mol. The van der Waals surface area contributed by atoms with Crippen LogP contribution in [0.4, 0.5) is 0 Å². The minimum Gasteiger partial charge on any atom is -0.477 e. The van der Waals surface area contributed by atoms with Crippen molar-refractivity contribution in [2.24, 2.45) is 0 Å². The van der Waals surface area contributed by atoms with E-state index in [4.69, 9.17) is 0 Å². The van der Waals surface area contributed by atoms with Gasteiger partial charge in [-0.1, -0.05) is 48.5 Å². The number of nitrogens with zero attached hydrogens (tertiary/aromatic N) is 1. The average Bonchev–Trinajstić information content (AvgIpc) is 3.07. The van der Waals surface area contributed by atoms with Gasteiger partial charge in [-0.25, -0.2) is 4.79 Å². The summed E-state index contributed by atoms with van der Waals surface area (Å²) in [6, 6.07) is 21.9. The van der Waals surface area contributed by atoms with E-state index in [1.54, 1.807) is 12.3 Å². The Morgan fingerprint density at radius 3 is 2.42 bits per heavy atom. The van der Waals surface area contributed by atoms with E-state index in [2.05, 4.69) is 29.2 Å². The van der Waals surface area contributed by atoms with E-state index in [-0.39, 0.29) is 0 Å². The Hall–Kier alpha value is -2.98. The van der Waals surface area contributed by atoms with Crippen molar-refractivity contribution < 1.29 is 9.90 Å². The molecule has 116 valence electrons. The second kappa shape index (κ2) is 5.91. The van der Waals surface area contributed by atoms with Gasteiger partial charge in [0.25, 0.3) is 0 Å². The van der Waals surface area contributed by atoms with Crippen LogP contribution in [-0.4, -0.2) is 16.1 Å². The molecule has 2 aromatic heterocycles. The molecule has 4 heteroatoms. The number of pyridine rings is 1. The summed E-state index contributed by atoms with van der Waals surface area (Å²) < 4.78 is 0.903. The first-order valence-corrected chi connectivity index (χ1v) is 8.32. The lowest BCUT2D eigenvalue weighted by molar-refractivity contribution is 0.0702. The molecule has 0 unspecified atom stereocenters. The molecule has 0 aliphatic heterocycles. The van der Waals surface area contributed by atoms with Crippen molar-refractivity contribution in [3.8, 4) is 22.4 Å². The third-order valence-electron chi connectivity index (χ3n) is 3.89. The summed E-state index contributed by atoms with van der Waals surface area (Å²) in [5, 5.41) is 10.1. The quantitative estimate of drug-likeness (QED) is 0.552. The first-order chi connectivity index (χ1) is 11.7. The second-order valence-corrected chi connectivity index (χ2v) is 6.49. The molecule has 0 saturated carbocycles. The smallest absolute Gasteiger partial charge is 0.345 e. The molecule has 0 aliphatic carbocycles. The number of fused-ring (bicyclic) bond motifs is 1. The zero-order chi connectivity index (χ0) is 16.5. The Morgan fingerprint density at radius 2 is 1.62 bits per heavy atom. The van der Waals surface area contributed by atoms with Gasteiger partial charge >= 0.3 is 5.97 Å². The average molecular weight is 331 g/mol. The lowest BCUT2D eigenvalue weighted by atomic mass is 10.0. The Kier molecular flexibility index (Phi) is 3.59. The molecule has 0 saturated heterocycles. The number of aromatic carboxylic acids is 1. The highest BCUT2D eigenvalue weighted by molar-refractivity contribution is 7.21. The summed E-state index contributed by atoms with van der Waals surface area (Å²) in [5.41, 5.74) is 4.06. The number of rotatable bonds is 3. The van der Waals surface area contributed by atoms with Gasteiger partial charge in [-0.15, -0.1) is 11.3 Å². The van der Waals surface area contributed by atoms with Crippen molar-refractivity contribution in [1.29, 1.82) is 0 Å². The topological polar surface area (TPSA) is 50.2 Å². The minimum absolute atomic E-state index is 0.332. The fraction of sp³-hybridized carbons (Fsp3) is 0. The van der Waals surface area contributed by atoms with Crippen molar-refractivity contribution in [2.75, 3.05) is 0 Å². The van der Waals surface area contributed by atoms with Crippen molar-refractivity contribution in [1.82, 2.24) is 4.98 Å². The first kappa shape index (κ1) is 14.6. The number of aromatic nitrogens is 1. The first-order valence-electron chi connectivity index (χ1n) is 7.50. The molecule has 0 amide bonds. The van der Waals surface area contributed by atoms with E-state index in [0.29, 0.717) is 4.88 Å². The van der Waals surface area contributed by atoms with Crippen LogP contribution < -0.4 is 0 Å². The molecule has 0 bridgehead atoms. The molecule has 0 spiro atoms. The Labute approximate surface area is 142 Å². The number of carboxylic acid groups (broad SMARTS) is 1.